The Hall–Kier alpha value is -1.66. The highest BCUT2D eigenvalue weighted by Gasteiger charge is 2.13. The molecule has 2 N–H and O–H groups in total. The summed E-state index contributed by atoms with van der Waals surface area (Å²) < 4.78 is 5.32. The number of amides is 1. The van der Waals surface area contributed by atoms with Crippen molar-refractivity contribution in [1.82, 2.24) is 10.3 Å². The summed E-state index contributed by atoms with van der Waals surface area (Å²) >= 11 is 0. The third-order valence-corrected chi connectivity index (χ3v) is 3.02. The predicted molar refractivity (Wildman–Crippen MR) is 74.6 cm³/mol. The molecule has 1 fully saturated rings. The van der Waals surface area contributed by atoms with Crippen LogP contribution in [0.4, 0.5) is 11.5 Å². The number of rotatable bonds is 4. The van der Waals surface area contributed by atoms with E-state index in [-0.39, 0.29) is 5.91 Å². The zero-order valence-corrected chi connectivity index (χ0v) is 11.4. The number of aryl methyl sites for hydroxylation is 1. The average Bonchev–Trinajstić information content (AvgIpc) is 2.42. The molecular formula is C13H20N4O2. The van der Waals surface area contributed by atoms with Crippen LogP contribution in [0.25, 0.3) is 0 Å². The van der Waals surface area contributed by atoms with E-state index in [0.717, 1.165) is 43.5 Å². The summed E-state index contributed by atoms with van der Waals surface area (Å²) in [7, 11) is 1.74. The Morgan fingerprint density at radius 2 is 2.16 bits per heavy atom. The van der Waals surface area contributed by atoms with E-state index >= 15 is 0 Å². The molecule has 104 valence electrons. The molecule has 0 aliphatic carbocycles. The van der Waals surface area contributed by atoms with Gasteiger partial charge in [-0.05, 0) is 26.1 Å². The van der Waals surface area contributed by atoms with Gasteiger partial charge >= 0.3 is 0 Å². The van der Waals surface area contributed by atoms with Crippen molar-refractivity contribution in [1.29, 1.82) is 0 Å². The fourth-order valence-electron chi connectivity index (χ4n) is 2.00. The normalized spacial score (nSPS) is 15.4. The molecule has 0 bridgehead atoms. The number of ether oxygens (including phenoxy) is 1. The lowest BCUT2D eigenvalue weighted by molar-refractivity contribution is -0.115. The molecule has 6 heteroatoms. The number of nitrogens with zero attached hydrogens (tertiary/aromatic N) is 2. The van der Waals surface area contributed by atoms with Crippen LogP contribution in [0, 0.1) is 6.92 Å². The fraction of sp³-hybridized carbons (Fsp3) is 0.538. The second kappa shape index (κ2) is 6.49. The Labute approximate surface area is 113 Å². The van der Waals surface area contributed by atoms with E-state index < -0.39 is 0 Å². The van der Waals surface area contributed by atoms with Gasteiger partial charge in [0.15, 0.2) is 0 Å². The molecule has 0 saturated carbocycles. The lowest BCUT2D eigenvalue weighted by atomic mass is 10.3. The van der Waals surface area contributed by atoms with Gasteiger partial charge in [-0.25, -0.2) is 4.98 Å². The van der Waals surface area contributed by atoms with Gasteiger partial charge in [0.25, 0.3) is 0 Å². The van der Waals surface area contributed by atoms with Crippen molar-refractivity contribution in [3.63, 3.8) is 0 Å². The van der Waals surface area contributed by atoms with Gasteiger partial charge in [-0.1, -0.05) is 0 Å². The Morgan fingerprint density at radius 3 is 2.79 bits per heavy atom. The highest BCUT2D eigenvalue weighted by atomic mass is 16.5. The topological polar surface area (TPSA) is 66.5 Å². The second-order valence-corrected chi connectivity index (χ2v) is 4.48. The number of hydrogen-bond donors (Lipinski definition) is 2. The van der Waals surface area contributed by atoms with Gasteiger partial charge in [0.2, 0.25) is 5.91 Å². The molecule has 2 heterocycles. The minimum absolute atomic E-state index is 0.0634. The van der Waals surface area contributed by atoms with E-state index in [2.05, 4.69) is 20.5 Å². The van der Waals surface area contributed by atoms with Gasteiger partial charge in [-0.2, -0.15) is 0 Å². The van der Waals surface area contributed by atoms with Gasteiger partial charge in [0.1, 0.15) is 5.82 Å². The van der Waals surface area contributed by atoms with Crippen molar-refractivity contribution in [2.75, 3.05) is 50.1 Å². The number of aromatic nitrogens is 1. The standard InChI is InChI=1S/C13H20N4O2/c1-10-11(16-13(18)9-14-2)3-4-12(15-10)17-5-7-19-8-6-17/h3-4,14H,5-9H2,1-2H3,(H,16,18). The Bertz CT molecular complexity index is 444. The number of nitrogens with one attached hydrogen (secondary N) is 2. The largest absolute Gasteiger partial charge is 0.378 e. The van der Waals surface area contributed by atoms with E-state index in [4.69, 9.17) is 4.74 Å². The lowest BCUT2D eigenvalue weighted by Gasteiger charge is -2.28. The first kappa shape index (κ1) is 13.8. The molecule has 19 heavy (non-hydrogen) atoms. The lowest BCUT2D eigenvalue weighted by Crippen LogP contribution is -2.36. The van der Waals surface area contributed by atoms with Crippen molar-refractivity contribution in [2.24, 2.45) is 0 Å². The highest BCUT2D eigenvalue weighted by molar-refractivity contribution is 5.92. The van der Waals surface area contributed by atoms with Crippen LogP contribution in [0.5, 0.6) is 0 Å². The number of anilines is 2. The fourth-order valence-corrected chi connectivity index (χ4v) is 2.00. The van der Waals surface area contributed by atoms with E-state index in [1.54, 1.807) is 7.05 Å². The highest BCUT2D eigenvalue weighted by Crippen LogP contribution is 2.19. The molecule has 2 rings (SSSR count). The molecule has 0 radical (unpaired) electrons. The summed E-state index contributed by atoms with van der Waals surface area (Å²) in [5.74, 6) is 0.874. The van der Waals surface area contributed by atoms with E-state index in [1.165, 1.54) is 0 Å². The zero-order valence-electron chi connectivity index (χ0n) is 11.4. The zero-order chi connectivity index (χ0) is 13.7. The molecule has 0 unspecified atom stereocenters. The minimum atomic E-state index is -0.0634. The van der Waals surface area contributed by atoms with Crippen LogP contribution >= 0.6 is 0 Å². The number of carbonyl (C=O) groups excluding carboxylic acids is 1. The number of hydrogen-bond acceptors (Lipinski definition) is 5. The van der Waals surface area contributed by atoms with E-state index in [1.807, 2.05) is 19.1 Å². The maximum Gasteiger partial charge on any atom is 0.238 e. The van der Waals surface area contributed by atoms with Crippen molar-refractivity contribution in [3.05, 3.63) is 17.8 Å². The number of carbonyl (C=O) groups is 1. The third-order valence-electron chi connectivity index (χ3n) is 3.02. The van der Waals surface area contributed by atoms with Crippen molar-refractivity contribution >= 4 is 17.4 Å². The first-order valence-corrected chi connectivity index (χ1v) is 6.45. The molecule has 0 atom stereocenters. The average molecular weight is 264 g/mol. The summed E-state index contributed by atoms with van der Waals surface area (Å²) in [5.41, 5.74) is 1.59. The molecule has 0 aromatic carbocycles. The summed E-state index contributed by atoms with van der Waals surface area (Å²) in [6.07, 6.45) is 0. The van der Waals surface area contributed by atoms with Gasteiger partial charge in [-0.15, -0.1) is 0 Å². The monoisotopic (exact) mass is 264 g/mol. The van der Waals surface area contributed by atoms with Crippen LogP contribution < -0.4 is 15.5 Å². The van der Waals surface area contributed by atoms with E-state index in [9.17, 15) is 4.79 Å². The molecule has 6 nitrogen and oxygen atoms in total. The summed E-state index contributed by atoms with van der Waals surface area (Å²) in [4.78, 5) is 18.3. The minimum Gasteiger partial charge on any atom is -0.378 e. The SMILES string of the molecule is CNCC(=O)Nc1ccc(N2CCOCC2)nc1C. The molecule has 0 spiro atoms. The van der Waals surface area contributed by atoms with Gasteiger partial charge in [0, 0.05) is 13.1 Å². The van der Waals surface area contributed by atoms with Crippen LogP contribution in [-0.2, 0) is 9.53 Å². The smallest absolute Gasteiger partial charge is 0.238 e. The van der Waals surface area contributed by atoms with E-state index in [0.29, 0.717) is 6.54 Å². The molecule has 1 aliphatic heterocycles. The van der Waals surface area contributed by atoms with Gasteiger partial charge < -0.3 is 20.3 Å². The number of likely N-dealkylation sites (N-methyl/N-ethyl adjacent to an activating group) is 1. The van der Waals surface area contributed by atoms with Crippen molar-refractivity contribution < 1.29 is 9.53 Å². The first-order valence-electron chi connectivity index (χ1n) is 6.45. The predicted octanol–water partition coefficient (Wildman–Crippen LogP) is 0.385. The first-order chi connectivity index (χ1) is 9.20. The molecular weight excluding hydrogens is 244 g/mol. The summed E-state index contributed by atoms with van der Waals surface area (Å²) in [6.45, 7) is 5.39. The molecule has 1 aromatic rings. The van der Waals surface area contributed by atoms with Crippen LogP contribution in [0.1, 0.15) is 5.69 Å². The van der Waals surface area contributed by atoms with Crippen molar-refractivity contribution in [3.8, 4) is 0 Å². The molecule has 1 aliphatic rings. The Balaban J connectivity index is 2.05. The summed E-state index contributed by atoms with van der Waals surface area (Å²) in [5, 5.41) is 5.65. The van der Waals surface area contributed by atoms with Crippen LogP contribution in [0.3, 0.4) is 0 Å². The van der Waals surface area contributed by atoms with Gasteiger partial charge in [0.05, 0.1) is 31.1 Å². The van der Waals surface area contributed by atoms with Crippen LogP contribution in [0.2, 0.25) is 0 Å². The maximum atomic E-state index is 11.5. The quantitative estimate of drug-likeness (QED) is 0.823. The van der Waals surface area contributed by atoms with Crippen LogP contribution in [-0.4, -0.2) is 50.8 Å². The Morgan fingerprint density at radius 1 is 1.42 bits per heavy atom. The third kappa shape index (κ3) is 3.65. The molecule has 1 saturated heterocycles. The number of pyridine rings is 1. The molecule has 1 amide bonds. The van der Waals surface area contributed by atoms with Crippen LogP contribution in [0.15, 0.2) is 12.1 Å². The maximum absolute atomic E-state index is 11.5. The van der Waals surface area contributed by atoms with Gasteiger partial charge in [-0.3, -0.25) is 4.79 Å². The van der Waals surface area contributed by atoms with Crippen molar-refractivity contribution in [2.45, 2.75) is 6.92 Å². The second-order valence-electron chi connectivity index (χ2n) is 4.48. The summed E-state index contributed by atoms with van der Waals surface area (Å²) in [6, 6.07) is 3.84. The Kier molecular flexibility index (Phi) is 4.70. The number of morpholine rings is 1. The molecule has 1 aromatic heterocycles.